The zero-order chi connectivity index (χ0) is 12.1. The van der Waals surface area contributed by atoms with Gasteiger partial charge in [-0.2, -0.15) is 0 Å². The van der Waals surface area contributed by atoms with Crippen LogP contribution in [0.15, 0.2) is 6.07 Å². The van der Waals surface area contributed by atoms with Crippen molar-refractivity contribution in [3.63, 3.8) is 0 Å². The third kappa shape index (κ3) is 4.04. The summed E-state index contributed by atoms with van der Waals surface area (Å²) in [7, 11) is 0. The zero-order valence-corrected chi connectivity index (χ0v) is 10.6. The van der Waals surface area contributed by atoms with Gasteiger partial charge in [0.25, 0.3) is 0 Å². The minimum Gasteiger partial charge on any atom is -0.459 e. The molecular formula is C10H13Cl2NO3. The molecule has 0 saturated carbocycles. The molecule has 0 unspecified atom stereocenters. The number of aromatic amines is 1. The number of esters is 1. The molecule has 0 aromatic carbocycles. The SMILES string of the molecule is CC(C)OCCOC(=O)c1cc(Cl)c(Cl)[nH]1. The summed E-state index contributed by atoms with van der Waals surface area (Å²) in [5, 5.41) is 0.527. The van der Waals surface area contributed by atoms with Gasteiger partial charge in [-0.25, -0.2) is 4.79 Å². The molecule has 1 heterocycles. The molecule has 0 fully saturated rings. The molecule has 16 heavy (non-hydrogen) atoms. The number of nitrogens with one attached hydrogen (secondary N) is 1. The highest BCUT2D eigenvalue weighted by Gasteiger charge is 2.12. The predicted octanol–water partition coefficient (Wildman–Crippen LogP) is 2.90. The van der Waals surface area contributed by atoms with E-state index < -0.39 is 5.97 Å². The Morgan fingerprint density at radius 1 is 1.44 bits per heavy atom. The summed E-state index contributed by atoms with van der Waals surface area (Å²) in [6, 6.07) is 1.43. The Morgan fingerprint density at radius 3 is 2.62 bits per heavy atom. The predicted molar refractivity (Wildman–Crippen MR) is 62.2 cm³/mol. The van der Waals surface area contributed by atoms with Gasteiger partial charge in [-0.3, -0.25) is 0 Å². The molecule has 90 valence electrons. The van der Waals surface area contributed by atoms with Gasteiger partial charge in [0.15, 0.2) is 0 Å². The van der Waals surface area contributed by atoms with E-state index in [2.05, 4.69) is 4.98 Å². The van der Waals surface area contributed by atoms with Gasteiger partial charge in [0, 0.05) is 0 Å². The van der Waals surface area contributed by atoms with Crippen LogP contribution in [0, 0.1) is 0 Å². The van der Waals surface area contributed by atoms with E-state index in [1.807, 2.05) is 13.8 Å². The summed E-state index contributed by atoms with van der Waals surface area (Å²) < 4.78 is 10.2. The maximum absolute atomic E-state index is 11.4. The molecule has 4 nitrogen and oxygen atoms in total. The van der Waals surface area contributed by atoms with Crippen LogP contribution in [-0.4, -0.2) is 30.3 Å². The smallest absolute Gasteiger partial charge is 0.354 e. The summed E-state index contributed by atoms with van der Waals surface area (Å²) in [4.78, 5) is 14.0. The number of rotatable bonds is 5. The van der Waals surface area contributed by atoms with Crippen LogP contribution in [0.3, 0.4) is 0 Å². The van der Waals surface area contributed by atoms with E-state index in [4.69, 9.17) is 32.7 Å². The summed E-state index contributed by atoms with van der Waals surface area (Å²) in [6.07, 6.45) is 0.119. The van der Waals surface area contributed by atoms with Crippen molar-refractivity contribution in [1.29, 1.82) is 0 Å². The van der Waals surface area contributed by atoms with Gasteiger partial charge >= 0.3 is 5.97 Å². The zero-order valence-electron chi connectivity index (χ0n) is 9.05. The van der Waals surface area contributed by atoms with Crippen LogP contribution < -0.4 is 0 Å². The third-order valence-corrected chi connectivity index (χ3v) is 2.41. The molecule has 0 atom stereocenters. The maximum Gasteiger partial charge on any atom is 0.354 e. The lowest BCUT2D eigenvalue weighted by Gasteiger charge is -2.07. The summed E-state index contributed by atoms with van der Waals surface area (Å²) in [5.41, 5.74) is 0.236. The minimum atomic E-state index is -0.499. The molecule has 0 amide bonds. The minimum absolute atomic E-state index is 0.119. The second-order valence-corrected chi connectivity index (χ2v) is 4.19. The number of hydrogen-bond acceptors (Lipinski definition) is 3. The van der Waals surface area contributed by atoms with Crippen molar-refractivity contribution >= 4 is 29.2 Å². The van der Waals surface area contributed by atoms with Crippen molar-refractivity contribution in [3.8, 4) is 0 Å². The van der Waals surface area contributed by atoms with Crippen molar-refractivity contribution in [2.75, 3.05) is 13.2 Å². The molecule has 0 aliphatic carbocycles. The fourth-order valence-electron chi connectivity index (χ4n) is 1.01. The molecule has 0 aliphatic rings. The lowest BCUT2D eigenvalue weighted by atomic mass is 10.4. The first-order chi connectivity index (χ1) is 7.50. The van der Waals surface area contributed by atoms with Crippen molar-refractivity contribution in [2.24, 2.45) is 0 Å². The quantitative estimate of drug-likeness (QED) is 0.658. The van der Waals surface area contributed by atoms with Crippen LogP contribution >= 0.6 is 23.2 Å². The summed E-state index contributed by atoms with van der Waals surface area (Å²) in [5.74, 6) is -0.499. The van der Waals surface area contributed by atoms with Gasteiger partial charge in [0.05, 0.1) is 17.7 Å². The Labute approximate surface area is 104 Å². The molecule has 0 spiro atoms. The first kappa shape index (κ1) is 13.4. The van der Waals surface area contributed by atoms with E-state index in [-0.39, 0.29) is 23.6 Å². The van der Waals surface area contributed by atoms with Crippen molar-refractivity contribution < 1.29 is 14.3 Å². The van der Waals surface area contributed by atoms with Crippen LogP contribution in [0.5, 0.6) is 0 Å². The first-order valence-electron chi connectivity index (χ1n) is 4.83. The van der Waals surface area contributed by atoms with Crippen LogP contribution in [0.2, 0.25) is 10.2 Å². The second-order valence-electron chi connectivity index (χ2n) is 3.40. The second kappa shape index (κ2) is 6.13. The topological polar surface area (TPSA) is 51.3 Å². The largest absolute Gasteiger partial charge is 0.459 e. The van der Waals surface area contributed by atoms with Gasteiger partial charge in [0.1, 0.15) is 17.5 Å². The average molecular weight is 266 g/mol. The molecule has 0 bridgehead atoms. The van der Waals surface area contributed by atoms with E-state index in [9.17, 15) is 4.79 Å². The van der Waals surface area contributed by atoms with Gasteiger partial charge in [0.2, 0.25) is 0 Å². The normalized spacial score (nSPS) is 10.8. The Balaban J connectivity index is 2.35. The fourth-order valence-corrected chi connectivity index (χ4v) is 1.32. The van der Waals surface area contributed by atoms with E-state index in [0.29, 0.717) is 11.6 Å². The van der Waals surface area contributed by atoms with E-state index in [1.54, 1.807) is 0 Å². The number of ether oxygens (including phenoxy) is 2. The van der Waals surface area contributed by atoms with Crippen LogP contribution in [0.25, 0.3) is 0 Å². The number of carbonyl (C=O) groups excluding carboxylic acids is 1. The van der Waals surface area contributed by atoms with E-state index >= 15 is 0 Å². The first-order valence-corrected chi connectivity index (χ1v) is 5.59. The lowest BCUT2D eigenvalue weighted by Crippen LogP contribution is -2.13. The summed E-state index contributed by atoms with van der Waals surface area (Å²) in [6.45, 7) is 4.38. The molecule has 1 N–H and O–H groups in total. The van der Waals surface area contributed by atoms with Crippen LogP contribution in [-0.2, 0) is 9.47 Å². The lowest BCUT2D eigenvalue weighted by molar-refractivity contribution is 0.0173. The Morgan fingerprint density at radius 2 is 2.12 bits per heavy atom. The number of H-pyrrole nitrogens is 1. The van der Waals surface area contributed by atoms with Crippen molar-refractivity contribution in [1.82, 2.24) is 4.98 Å². The van der Waals surface area contributed by atoms with Gasteiger partial charge in [-0.05, 0) is 19.9 Å². The molecule has 1 rings (SSSR count). The van der Waals surface area contributed by atoms with Crippen molar-refractivity contribution in [3.05, 3.63) is 21.9 Å². The molecule has 0 radical (unpaired) electrons. The molecule has 0 saturated heterocycles. The number of aromatic nitrogens is 1. The monoisotopic (exact) mass is 265 g/mol. The molecule has 1 aromatic rings. The van der Waals surface area contributed by atoms with E-state index in [1.165, 1.54) is 6.07 Å². The summed E-state index contributed by atoms with van der Waals surface area (Å²) >= 11 is 11.3. The third-order valence-electron chi connectivity index (χ3n) is 1.71. The average Bonchev–Trinajstić information content (AvgIpc) is 2.54. The Bertz CT molecular complexity index is 343. The highest BCUT2D eigenvalue weighted by Crippen LogP contribution is 2.22. The highest BCUT2D eigenvalue weighted by molar-refractivity contribution is 6.41. The fraction of sp³-hybridized carbons (Fsp3) is 0.500. The van der Waals surface area contributed by atoms with Gasteiger partial charge in [-0.1, -0.05) is 23.2 Å². The Kier molecular flexibility index (Phi) is 5.12. The standard InChI is InChI=1S/C10H13Cl2NO3/c1-6(2)15-3-4-16-10(14)8-5-7(11)9(12)13-8/h5-6,13H,3-4H2,1-2H3. The van der Waals surface area contributed by atoms with Gasteiger partial charge in [-0.15, -0.1) is 0 Å². The molecule has 0 aliphatic heterocycles. The van der Waals surface area contributed by atoms with Crippen LogP contribution in [0.4, 0.5) is 0 Å². The van der Waals surface area contributed by atoms with Gasteiger partial charge < -0.3 is 14.5 Å². The molecule has 1 aromatic heterocycles. The number of hydrogen-bond donors (Lipinski definition) is 1. The molecular weight excluding hydrogens is 253 g/mol. The van der Waals surface area contributed by atoms with Crippen LogP contribution in [0.1, 0.15) is 24.3 Å². The highest BCUT2D eigenvalue weighted by atomic mass is 35.5. The Hall–Kier alpha value is -0.710. The number of halogens is 2. The number of carbonyl (C=O) groups is 1. The molecule has 6 heteroatoms. The van der Waals surface area contributed by atoms with E-state index in [0.717, 1.165) is 0 Å². The van der Waals surface area contributed by atoms with Crippen molar-refractivity contribution in [2.45, 2.75) is 20.0 Å². The maximum atomic E-state index is 11.4.